The number of unbranched alkanes of at least 4 members (excludes halogenated alkanes) is 1. The van der Waals surface area contributed by atoms with E-state index in [0.717, 1.165) is 31.8 Å². The highest BCUT2D eigenvalue weighted by molar-refractivity contribution is 4.88. The van der Waals surface area contributed by atoms with Crippen LogP contribution in [0.5, 0.6) is 0 Å². The van der Waals surface area contributed by atoms with Gasteiger partial charge in [-0.3, -0.25) is 0 Å². The van der Waals surface area contributed by atoms with Crippen LogP contribution in [-0.2, 0) is 4.74 Å². The molecule has 0 aliphatic carbocycles. The molecule has 0 aromatic heterocycles. The molecule has 2 fully saturated rings. The lowest BCUT2D eigenvalue weighted by atomic mass is 9.98. The lowest BCUT2D eigenvalue weighted by Gasteiger charge is -2.35. The van der Waals surface area contributed by atoms with E-state index in [-0.39, 0.29) is 0 Å². The molecular formula is C14H28N2O. The van der Waals surface area contributed by atoms with Crippen LogP contribution in [0.3, 0.4) is 0 Å². The Labute approximate surface area is 106 Å². The van der Waals surface area contributed by atoms with Gasteiger partial charge in [0.25, 0.3) is 0 Å². The second kappa shape index (κ2) is 7.34. The molecule has 2 aliphatic rings. The quantitative estimate of drug-likeness (QED) is 0.689. The minimum absolute atomic E-state index is 0.740. The Morgan fingerprint density at radius 2 is 2.18 bits per heavy atom. The Hall–Kier alpha value is -0.120. The molecule has 2 atom stereocenters. The molecule has 1 N–H and O–H groups in total. The van der Waals surface area contributed by atoms with E-state index in [0.29, 0.717) is 0 Å². The lowest BCUT2D eigenvalue weighted by Crippen LogP contribution is -2.46. The zero-order chi connectivity index (χ0) is 11.9. The Morgan fingerprint density at radius 1 is 1.24 bits per heavy atom. The van der Waals surface area contributed by atoms with Crippen LogP contribution in [0.2, 0.25) is 0 Å². The molecule has 2 heterocycles. The molecule has 0 spiro atoms. The van der Waals surface area contributed by atoms with Gasteiger partial charge in [-0.25, -0.2) is 0 Å². The number of hydrogen-bond donors (Lipinski definition) is 1. The van der Waals surface area contributed by atoms with Crippen LogP contribution in [-0.4, -0.2) is 49.8 Å². The number of hydrogen-bond acceptors (Lipinski definition) is 3. The van der Waals surface area contributed by atoms with Crippen LogP contribution in [0, 0.1) is 0 Å². The van der Waals surface area contributed by atoms with Gasteiger partial charge in [-0.2, -0.15) is 0 Å². The SMILES string of the molecule is CCCCOCCNC1CCN2CCCC2C1. The first-order valence-corrected chi connectivity index (χ1v) is 7.45. The maximum atomic E-state index is 5.58. The van der Waals surface area contributed by atoms with Gasteiger partial charge in [-0.05, 0) is 45.2 Å². The minimum Gasteiger partial charge on any atom is -0.380 e. The number of ether oxygens (including phenoxy) is 1. The highest BCUT2D eigenvalue weighted by Gasteiger charge is 2.31. The third-order valence-corrected chi connectivity index (χ3v) is 4.14. The topological polar surface area (TPSA) is 24.5 Å². The van der Waals surface area contributed by atoms with Crippen LogP contribution in [0.4, 0.5) is 0 Å². The molecular weight excluding hydrogens is 212 g/mol. The molecule has 100 valence electrons. The van der Waals surface area contributed by atoms with Crippen molar-refractivity contribution in [3.05, 3.63) is 0 Å². The van der Waals surface area contributed by atoms with Gasteiger partial charge in [0, 0.05) is 25.2 Å². The summed E-state index contributed by atoms with van der Waals surface area (Å²) in [5.74, 6) is 0. The van der Waals surface area contributed by atoms with Crippen molar-refractivity contribution in [2.24, 2.45) is 0 Å². The molecule has 0 bridgehead atoms. The highest BCUT2D eigenvalue weighted by atomic mass is 16.5. The van der Waals surface area contributed by atoms with Crippen molar-refractivity contribution in [3.8, 4) is 0 Å². The summed E-state index contributed by atoms with van der Waals surface area (Å²) in [5.41, 5.74) is 0. The molecule has 17 heavy (non-hydrogen) atoms. The highest BCUT2D eigenvalue weighted by Crippen LogP contribution is 2.26. The summed E-state index contributed by atoms with van der Waals surface area (Å²) in [6.07, 6.45) is 7.94. The van der Waals surface area contributed by atoms with E-state index in [4.69, 9.17) is 4.74 Å². The second-order valence-electron chi connectivity index (χ2n) is 5.47. The van der Waals surface area contributed by atoms with Crippen molar-refractivity contribution in [2.45, 2.75) is 57.5 Å². The maximum absolute atomic E-state index is 5.58. The first kappa shape index (κ1) is 13.3. The van der Waals surface area contributed by atoms with Crippen LogP contribution in [0.15, 0.2) is 0 Å². The third kappa shape index (κ3) is 4.23. The van der Waals surface area contributed by atoms with Crippen molar-refractivity contribution in [3.63, 3.8) is 0 Å². The fourth-order valence-corrected chi connectivity index (χ4v) is 3.09. The number of rotatable bonds is 7. The first-order chi connectivity index (χ1) is 8.40. The molecule has 2 saturated heterocycles. The molecule has 2 aliphatic heterocycles. The number of nitrogens with one attached hydrogen (secondary N) is 1. The minimum atomic E-state index is 0.740. The summed E-state index contributed by atoms with van der Waals surface area (Å²) < 4.78 is 5.58. The van der Waals surface area contributed by atoms with Gasteiger partial charge in [-0.15, -0.1) is 0 Å². The van der Waals surface area contributed by atoms with E-state index in [1.54, 1.807) is 0 Å². The maximum Gasteiger partial charge on any atom is 0.0591 e. The van der Waals surface area contributed by atoms with Crippen molar-refractivity contribution in [1.29, 1.82) is 0 Å². The van der Waals surface area contributed by atoms with Crippen LogP contribution < -0.4 is 5.32 Å². The second-order valence-corrected chi connectivity index (χ2v) is 5.47. The van der Waals surface area contributed by atoms with Crippen LogP contribution in [0.1, 0.15) is 45.4 Å². The third-order valence-electron chi connectivity index (χ3n) is 4.14. The molecule has 2 unspecified atom stereocenters. The Balaban J connectivity index is 1.51. The number of nitrogens with zero attached hydrogens (tertiary/aromatic N) is 1. The molecule has 3 nitrogen and oxygen atoms in total. The van der Waals surface area contributed by atoms with Gasteiger partial charge in [0.05, 0.1) is 6.61 Å². The Morgan fingerprint density at radius 3 is 3.06 bits per heavy atom. The van der Waals surface area contributed by atoms with Crippen molar-refractivity contribution >= 4 is 0 Å². The predicted octanol–water partition coefficient (Wildman–Crippen LogP) is 2.02. The average Bonchev–Trinajstić information content (AvgIpc) is 2.81. The molecule has 2 rings (SSSR count). The molecule has 0 amide bonds. The van der Waals surface area contributed by atoms with Gasteiger partial charge >= 0.3 is 0 Å². The Bertz CT molecular complexity index is 210. The largest absolute Gasteiger partial charge is 0.380 e. The number of fused-ring (bicyclic) bond motifs is 1. The molecule has 3 heteroatoms. The van der Waals surface area contributed by atoms with Crippen molar-refractivity contribution < 1.29 is 4.74 Å². The zero-order valence-electron chi connectivity index (χ0n) is 11.3. The standard InChI is InChI=1S/C14H28N2O/c1-2-3-10-17-11-7-15-13-6-9-16-8-4-5-14(16)12-13/h13-15H,2-12H2,1H3. The summed E-state index contributed by atoms with van der Waals surface area (Å²) in [7, 11) is 0. The van der Waals surface area contributed by atoms with Crippen LogP contribution >= 0.6 is 0 Å². The van der Waals surface area contributed by atoms with Crippen LogP contribution in [0.25, 0.3) is 0 Å². The first-order valence-electron chi connectivity index (χ1n) is 7.45. The van der Waals surface area contributed by atoms with Gasteiger partial charge < -0.3 is 15.0 Å². The summed E-state index contributed by atoms with van der Waals surface area (Å²) in [4.78, 5) is 2.68. The van der Waals surface area contributed by atoms with E-state index in [9.17, 15) is 0 Å². The fourth-order valence-electron chi connectivity index (χ4n) is 3.09. The summed E-state index contributed by atoms with van der Waals surface area (Å²) in [5, 5.41) is 3.66. The van der Waals surface area contributed by atoms with Gasteiger partial charge in [-0.1, -0.05) is 13.3 Å². The fraction of sp³-hybridized carbons (Fsp3) is 1.00. The lowest BCUT2D eigenvalue weighted by molar-refractivity contribution is 0.121. The zero-order valence-corrected chi connectivity index (χ0v) is 11.3. The summed E-state index contributed by atoms with van der Waals surface area (Å²) in [6, 6.07) is 1.62. The van der Waals surface area contributed by atoms with E-state index in [1.807, 2.05) is 0 Å². The van der Waals surface area contributed by atoms with E-state index >= 15 is 0 Å². The average molecular weight is 240 g/mol. The molecule has 0 saturated carbocycles. The van der Waals surface area contributed by atoms with Gasteiger partial charge in [0.1, 0.15) is 0 Å². The molecule has 0 aromatic carbocycles. The Kier molecular flexibility index (Phi) is 5.75. The van der Waals surface area contributed by atoms with E-state index in [1.165, 1.54) is 51.6 Å². The summed E-state index contributed by atoms with van der Waals surface area (Å²) >= 11 is 0. The molecule has 0 radical (unpaired) electrons. The normalized spacial score (nSPS) is 29.5. The number of piperidine rings is 1. The van der Waals surface area contributed by atoms with Crippen molar-refractivity contribution in [2.75, 3.05) is 32.8 Å². The van der Waals surface area contributed by atoms with Crippen molar-refractivity contribution in [1.82, 2.24) is 10.2 Å². The van der Waals surface area contributed by atoms with E-state index < -0.39 is 0 Å². The molecule has 0 aromatic rings. The van der Waals surface area contributed by atoms with Gasteiger partial charge in [0.2, 0.25) is 0 Å². The predicted molar refractivity (Wildman–Crippen MR) is 71.3 cm³/mol. The van der Waals surface area contributed by atoms with E-state index in [2.05, 4.69) is 17.1 Å². The monoisotopic (exact) mass is 240 g/mol. The van der Waals surface area contributed by atoms with Gasteiger partial charge in [0.15, 0.2) is 0 Å². The summed E-state index contributed by atoms with van der Waals surface area (Å²) in [6.45, 7) is 7.69. The smallest absolute Gasteiger partial charge is 0.0591 e.